The molecule has 0 spiro atoms. The molecule has 0 saturated carbocycles. The van der Waals surface area contributed by atoms with Crippen molar-refractivity contribution in [1.29, 1.82) is 0 Å². The maximum Gasteiger partial charge on any atom is 0.196 e. The predicted molar refractivity (Wildman–Crippen MR) is 123 cm³/mol. The molecule has 152 valence electrons. The summed E-state index contributed by atoms with van der Waals surface area (Å²) in [6, 6.07) is 7.59. The minimum atomic E-state index is -0.597. The van der Waals surface area contributed by atoms with Crippen molar-refractivity contribution in [2.45, 2.75) is 40.0 Å². The highest BCUT2D eigenvalue weighted by molar-refractivity contribution is 7.97. The molecule has 0 fully saturated rings. The second-order valence-electron chi connectivity index (χ2n) is 5.42. The summed E-state index contributed by atoms with van der Waals surface area (Å²) in [6.45, 7) is 12.8. The Labute approximate surface area is 177 Å². The number of hydrogen-bond donors (Lipinski definition) is 4. The predicted octanol–water partition coefficient (Wildman–Crippen LogP) is 3.91. The van der Waals surface area contributed by atoms with Crippen LogP contribution in [0.5, 0.6) is 0 Å². The van der Waals surface area contributed by atoms with Crippen LogP contribution in [0.4, 0.5) is 0 Å². The van der Waals surface area contributed by atoms with Crippen molar-refractivity contribution < 1.29 is 9.59 Å². The Morgan fingerprint density at radius 2 is 1.52 bits per heavy atom. The van der Waals surface area contributed by atoms with E-state index in [0.717, 1.165) is 36.4 Å². The summed E-state index contributed by atoms with van der Waals surface area (Å²) in [5.41, 5.74) is 0.832. The highest BCUT2D eigenvalue weighted by atomic mass is 32.1. The van der Waals surface area contributed by atoms with E-state index in [9.17, 15) is 9.59 Å². The minimum absolute atomic E-state index is 0.0330. The monoisotopic (exact) mass is 429 g/mol. The van der Waals surface area contributed by atoms with Crippen molar-refractivity contribution >= 4 is 57.0 Å². The first kappa shape index (κ1) is 26.1. The number of benzene rings is 1. The molecule has 0 amide bonds. The molecule has 2 N–H and O–H groups in total. The molecule has 1 heterocycles. The van der Waals surface area contributed by atoms with E-state index in [1.165, 1.54) is 11.3 Å². The van der Waals surface area contributed by atoms with Gasteiger partial charge < -0.3 is 10.6 Å². The number of hydrogen-bond acceptors (Lipinski definition) is 6. The molecule has 1 atom stereocenters. The number of para-hydroxylation sites is 1. The number of nitrogens with one attached hydrogen (secondary N) is 2. The van der Waals surface area contributed by atoms with Crippen LogP contribution in [0.25, 0.3) is 10.2 Å². The van der Waals surface area contributed by atoms with E-state index in [4.69, 9.17) is 0 Å². The number of carbonyl (C=O) groups is 2. The summed E-state index contributed by atoms with van der Waals surface area (Å²) in [6.07, 6.45) is 0.0330. The van der Waals surface area contributed by atoms with Crippen molar-refractivity contribution in [3.63, 3.8) is 0 Å². The van der Waals surface area contributed by atoms with Gasteiger partial charge in [-0.2, -0.15) is 0 Å². The Morgan fingerprint density at radius 1 is 1.00 bits per heavy atom. The lowest BCUT2D eigenvalue weighted by Gasteiger charge is -2.06. The van der Waals surface area contributed by atoms with Crippen LogP contribution in [0.1, 0.15) is 45.0 Å². The van der Waals surface area contributed by atoms with Gasteiger partial charge in [0.15, 0.2) is 10.2 Å². The molecule has 5 nitrogen and oxygen atoms in total. The van der Waals surface area contributed by atoms with Gasteiger partial charge in [-0.15, -0.1) is 36.6 Å². The molecule has 0 radical (unpaired) electrons. The molecule has 0 aliphatic heterocycles. The Hall–Kier alpha value is -0.930. The van der Waals surface area contributed by atoms with Gasteiger partial charge in [0.1, 0.15) is 5.01 Å². The molecular formula is C19H31N3O2S3. The van der Waals surface area contributed by atoms with E-state index in [0.29, 0.717) is 5.01 Å². The first-order valence-electron chi connectivity index (χ1n) is 9.12. The Morgan fingerprint density at radius 3 is 1.89 bits per heavy atom. The van der Waals surface area contributed by atoms with Gasteiger partial charge >= 0.3 is 0 Å². The van der Waals surface area contributed by atoms with Gasteiger partial charge in [-0.25, -0.2) is 4.98 Å². The Bertz CT molecular complexity index is 634. The molecule has 1 unspecified atom stereocenters. The number of thiazole rings is 1. The maximum atomic E-state index is 11.4. The second-order valence-corrected chi connectivity index (χ2v) is 7.42. The largest absolute Gasteiger partial charge is 0.317 e. The van der Waals surface area contributed by atoms with Crippen LogP contribution < -0.4 is 10.6 Å². The molecule has 2 aromatic rings. The number of thiol groups is 2. The number of fused-ring (bicyclic) bond motifs is 1. The summed E-state index contributed by atoms with van der Waals surface area (Å²) in [4.78, 5) is 26.8. The summed E-state index contributed by atoms with van der Waals surface area (Å²) in [5.74, 6) is -0.597. The van der Waals surface area contributed by atoms with Crippen molar-refractivity contribution in [1.82, 2.24) is 15.6 Å². The van der Waals surface area contributed by atoms with Crippen LogP contribution in [-0.4, -0.2) is 41.4 Å². The van der Waals surface area contributed by atoms with Crippen molar-refractivity contribution in [3.8, 4) is 0 Å². The standard InChI is InChI=1S/C11H9NO2S3.2C4H11N/c13-9(15)5-6(11(14)16)10-12-7-3-1-2-4-8(7)17-10;2*1-3-5-4-2/h1-4,6H,5H2,(H,13,15)(H,14,16);2*5H,3-4H2,1-2H3. The van der Waals surface area contributed by atoms with Gasteiger partial charge in [0.2, 0.25) is 0 Å². The molecule has 0 aliphatic carbocycles. The van der Waals surface area contributed by atoms with E-state index < -0.39 is 5.92 Å². The molecule has 27 heavy (non-hydrogen) atoms. The average Bonchev–Trinajstić information content (AvgIpc) is 3.05. The third-order valence-corrected chi connectivity index (χ3v) is 4.93. The van der Waals surface area contributed by atoms with Gasteiger partial charge in [-0.3, -0.25) is 9.59 Å². The SMILES string of the molecule is CCNCC.CCNCC.O=C(S)CC(C(=O)S)c1nc2ccccc2s1. The molecule has 1 aromatic heterocycles. The van der Waals surface area contributed by atoms with Crippen LogP contribution in [0.15, 0.2) is 24.3 Å². The van der Waals surface area contributed by atoms with Crippen LogP contribution in [0, 0.1) is 0 Å². The van der Waals surface area contributed by atoms with Crippen molar-refractivity contribution in [2.75, 3.05) is 26.2 Å². The van der Waals surface area contributed by atoms with Gasteiger partial charge in [0, 0.05) is 6.42 Å². The first-order valence-corrected chi connectivity index (χ1v) is 10.8. The Kier molecular flexibility index (Phi) is 15.5. The molecule has 0 aliphatic rings. The fraction of sp³-hybridized carbons (Fsp3) is 0.526. The number of aromatic nitrogens is 1. The highest BCUT2D eigenvalue weighted by Gasteiger charge is 2.23. The number of nitrogens with zero attached hydrogens (tertiary/aromatic N) is 1. The molecule has 2 rings (SSSR count). The van der Waals surface area contributed by atoms with Crippen LogP contribution in [-0.2, 0) is 9.59 Å². The lowest BCUT2D eigenvalue weighted by molar-refractivity contribution is -0.116. The molecule has 0 saturated heterocycles. The molecule has 1 aromatic carbocycles. The van der Waals surface area contributed by atoms with Crippen molar-refractivity contribution in [3.05, 3.63) is 29.3 Å². The summed E-state index contributed by atoms with van der Waals surface area (Å²) >= 11 is 8.91. The molecule has 0 bridgehead atoms. The summed E-state index contributed by atoms with van der Waals surface area (Å²) in [7, 11) is 0. The zero-order chi connectivity index (χ0) is 20.7. The quantitative estimate of drug-likeness (QED) is 0.479. The van der Waals surface area contributed by atoms with E-state index >= 15 is 0 Å². The fourth-order valence-corrected chi connectivity index (χ4v) is 3.54. The Balaban J connectivity index is 0.000000563. The van der Waals surface area contributed by atoms with E-state index in [1.807, 2.05) is 24.3 Å². The third-order valence-electron chi connectivity index (χ3n) is 3.29. The normalized spacial score (nSPS) is 11.0. The zero-order valence-electron chi connectivity index (χ0n) is 16.5. The summed E-state index contributed by atoms with van der Waals surface area (Å²) in [5, 5.41) is 6.15. The average molecular weight is 430 g/mol. The van der Waals surface area contributed by atoms with Gasteiger partial charge in [-0.05, 0) is 38.3 Å². The second kappa shape index (κ2) is 16.1. The fourth-order valence-electron chi connectivity index (χ4n) is 1.99. The van der Waals surface area contributed by atoms with E-state index in [1.54, 1.807) is 0 Å². The van der Waals surface area contributed by atoms with Gasteiger partial charge in [0.05, 0.1) is 16.1 Å². The highest BCUT2D eigenvalue weighted by Crippen LogP contribution is 2.31. The lowest BCUT2D eigenvalue weighted by atomic mass is 10.1. The number of rotatable bonds is 8. The van der Waals surface area contributed by atoms with Crippen LogP contribution >= 0.6 is 36.6 Å². The smallest absolute Gasteiger partial charge is 0.196 e. The molecular weight excluding hydrogens is 398 g/mol. The van der Waals surface area contributed by atoms with Gasteiger partial charge in [-0.1, -0.05) is 39.8 Å². The van der Waals surface area contributed by atoms with Crippen LogP contribution in [0.3, 0.4) is 0 Å². The van der Waals surface area contributed by atoms with E-state index in [-0.39, 0.29) is 16.7 Å². The number of carbonyl (C=O) groups excluding carboxylic acids is 2. The van der Waals surface area contributed by atoms with Gasteiger partial charge in [0.25, 0.3) is 0 Å². The topological polar surface area (TPSA) is 71.1 Å². The van der Waals surface area contributed by atoms with E-state index in [2.05, 4.69) is 68.6 Å². The molecule has 8 heteroatoms. The minimum Gasteiger partial charge on any atom is -0.317 e. The van der Waals surface area contributed by atoms with Crippen LogP contribution in [0.2, 0.25) is 0 Å². The van der Waals surface area contributed by atoms with Crippen molar-refractivity contribution in [2.24, 2.45) is 0 Å². The first-order chi connectivity index (χ1) is 12.9. The lowest BCUT2D eigenvalue weighted by Crippen LogP contribution is -2.09. The third kappa shape index (κ3) is 11.5. The maximum absolute atomic E-state index is 11.4. The zero-order valence-corrected chi connectivity index (χ0v) is 19.1. The summed E-state index contributed by atoms with van der Waals surface area (Å²) < 4.78 is 0.994.